The fraction of sp³-hybridized carbons (Fsp3) is 0.167. The molecule has 1 heterocycles. The molecule has 140 valence electrons. The number of fused-ring (bicyclic) bond motifs is 1. The van der Waals surface area contributed by atoms with Gasteiger partial charge in [0, 0.05) is 11.0 Å². The van der Waals surface area contributed by atoms with E-state index in [4.69, 9.17) is 0 Å². The smallest absolute Gasteiger partial charge is 0.261 e. The van der Waals surface area contributed by atoms with Crippen molar-refractivity contribution < 1.29 is 13.2 Å². The van der Waals surface area contributed by atoms with Crippen LogP contribution in [0.2, 0.25) is 0 Å². The van der Waals surface area contributed by atoms with Crippen molar-refractivity contribution in [3.05, 3.63) is 69.7 Å². The zero-order chi connectivity index (χ0) is 19.4. The van der Waals surface area contributed by atoms with Crippen molar-refractivity contribution in [1.29, 1.82) is 0 Å². The Kier molecular flexibility index (Phi) is 5.71. The third kappa shape index (κ3) is 4.61. The van der Waals surface area contributed by atoms with E-state index in [1.165, 1.54) is 23.0 Å². The molecule has 0 spiro atoms. The van der Waals surface area contributed by atoms with Gasteiger partial charge in [-0.1, -0.05) is 34.1 Å². The molecule has 1 amide bonds. The molecule has 0 saturated heterocycles. The SMILES string of the molecule is O=C(Cn1cnc2ccc(Br)cc2c1=O)NCCS(=O)(=O)c1ccccc1. The van der Waals surface area contributed by atoms with Crippen LogP contribution in [0.25, 0.3) is 10.9 Å². The van der Waals surface area contributed by atoms with Crippen LogP contribution in [0, 0.1) is 0 Å². The molecule has 1 N–H and O–H groups in total. The van der Waals surface area contributed by atoms with E-state index in [0.717, 1.165) is 4.47 Å². The van der Waals surface area contributed by atoms with Crippen LogP contribution in [0.4, 0.5) is 0 Å². The number of rotatable bonds is 6. The Morgan fingerprint density at radius 2 is 1.89 bits per heavy atom. The predicted octanol–water partition coefficient (Wildman–Crippen LogP) is 1.75. The first kappa shape index (κ1) is 19.2. The molecule has 1 aromatic heterocycles. The van der Waals surface area contributed by atoms with Crippen LogP contribution in [0.1, 0.15) is 0 Å². The molecule has 0 aliphatic carbocycles. The molecule has 0 saturated carbocycles. The summed E-state index contributed by atoms with van der Waals surface area (Å²) in [4.78, 5) is 28.9. The van der Waals surface area contributed by atoms with Crippen LogP contribution >= 0.6 is 15.9 Å². The Bertz CT molecular complexity index is 1140. The van der Waals surface area contributed by atoms with E-state index in [1.54, 1.807) is 36.4 Å². The number of hydrogen-bond acceptors (Lipinski definition) is 5. The summed E-state index contributed by atoms with van der Waals surface area (Å²) in [5.74, 6) is -0.683. The fourth-order valence-electron chi connectivity index (χ4n) is 2.52. The molecule has 7 nitrogen and oxygen atoms in total. The number of amides is 1. The number of halogens is 1. The Hall–Kier alpha value is -2.52. The summed E-state index contributed by atoms with van der Waals surface area (Å²) in [5, 5.41) is 2.92. The number of sulfone groups is 1. The first-order valence-corrected chi connectivity index (χ1v) is 10.5. The minimum Gasteiger partial charge on any atom is -0.354 e. The van der Waals surface area contributed by atoms with Gasteiger partial charge >= 0.3 is 0 Å². The molecule has 0 fully saturated rings. The van der Waals surface area contributed by atoms with E-state index in [2.05, 4.69) is 26.2 Å². The van der Waals surface area contributed by atoms with Gasteiger partial charge in [-0.25, -0.2) is 13.4 Å². The van der Waals surface area contributed by atoms with Crippen LogP contribution in [0.3, 0.4) is 0 Å². The first-order chi connectivity index (χ1) is 12.9. The fourth-order valence-corrected chi connectivity index (χ4v) is 4.06. The lowest BCUT2D eigenvalue weighted by atomic mass is 10.2. The van der Waals surface area contributed by atoms with Gasteiger partial charge in [0.1, 0.15) is 6.54 Å². The highest BCUT2D eigenvalue weighted by Crippen LogP contribution is 2.14. The van der Waals surface area contributed by atoms with Crippen molar-refractivity contribution in [2.24, 2.45) is 0 Å². The summed E-state index contributed by atoms with van der Waals surface area (Å²) in [7, 11) is -3.47. The summed E-state index contributed by atoms with van der Waals surface area (Å²) >= 11 is 3.30. The van der Waals surface area contributed by atoms with Crippen molar-refractivity contribution >= 4 is 42.6 Å². The van der Waals surface area contributed by atoms with Crippen LogP contribution in [-0.2, 0) is 21.2 Å². The maximum absolute atomic E-state index is 12.5. The number of carbonyl (C=O) groups is 1. The number of carbonyl (C=O) groups excluding carboxylic acids is 1. The van der Waals surface area contributed by atoms with Crippen molar-refractivity contribution in [1.82, 2.24) is 14.9 Å². The maximum Gasteiger partial charge on any atom is 0.261 e. The van der Waals surface area contributed by atoms with Crippen molar-refractivity contribution in [2.45, 2.75) is 11.4 Å². The zero-order valence-electron chi connectivity index (χ0n) is 14.1. The molecule has 0 unspecified atom stereocenters. The van der Waals surface area contributed by atoms with Gasteiger partial charge in [-0.2, -0.15) is 0 Å². The van der Waals surface area contributed by atoms with E-state index in [1.807, 2.05) is 0 Å². The molecule has 27 heavy (non-hydrogen) atoms. The van der Waals surface area contributed by atoms with Crippen molar-refractivity contribution in [2.75, 3.05) is 12.3 Å². The van der Waals surface area contributed by atoms with Gasteiger partial charge < -0.3 is 5.32 Å². The van der Waals surface area contributed by atoms with E-state index in [-0.39, 0.29) is 29.3 Å². The highest BCUT2D eigenvalue weighted by molar-refractivity contribution is 9.10. The van der Waals surface area contributed by atoms with Gasteiger partial charge in [-0.05, 0) is 30.3 Å². The second-order valence-corrected chi connectivity index (χ2v) is 8.85. The highest BCUT2D eigenvalue weighted by atomic mass is 79.9. The predicted molar refractivity (Wildman–Crippen MR) is 105 cm³/mol. The number of nitrogens with one attached hydrogen (secondary N) is 1. The quantitative estimate of drug-likeness (QED) is 0.617. The van der Waals surface area contributed by atoms with E-state index < -0.39 is 15.7 Å². The Morgan fingerprint density at radius 1 is 1.15 bits per heavy atom. The third-order valence-electron chi connectivity index (χ3n) is 3.90. The van der Waals surface area contributed by atoms with Gasteiger partial charge in [0.05, 0.1) is 27.9 Å². The minimum absolute atomic E-state index is 0.0443. The minimum atomic E-state index is -3.47. The highest BCUT2D eigenvalue weighted by Gasteiger charge is 2.14. The standard InChI is InChI=1S/C18H16BrN3O4S/c19-13-6-7-16-15(10-13)18(24)22(12-21-16)11-17(23)20-8-9-27(25,26)14-4-2-1-3-5-14/h1-7,10,12H,8-9,11H2,(H,20,23). The number of hydrogen-bond donors (Lipinski definition) is 1. The number of benzene rings is 2. The van der Waals surface area contributed by atoms with E-state index in [0.29, 0.717) is 10.9 Å². The van der Waals surface area contributed by atoms with Gasteiger partial charge in [0.2, 0.25) is 5.91 Å². The Morgan fingerprint density at radius 3 is 2.63 bits per heavy atom. The third-order valence-corrected chi connectivity index (χ3v) is 6.12. The molecule has 3 aromatic rings. The summed E-state index contributed by atoms with van der Waals surface area (Å²) < 4.78 is 26.3. The van der Waals surface area contributed by atoms with E-state index >= 15 is 0 Å². The molecule has 9 heteroatoms. The summed E-state index contributed by atoms with van der Waals surface area (Å²) in [6, 6.07) is 13.2. The van der Waals surface area contributed by atoms with Crippen molar-refractivity contribution in [3.63, 3.8) is 0 Å². The molecular weight excluding hydrogens is 434 g/mol. The molecule has 0 bridgehead atoms. The molecule has 0 aliphatic heterocycles. The maximum atomic E-state index is 12.5. The van der Waals surface area contributed by atoms with Crippen LogP contribution in [-0.4, -0.2) is 36.2 Å². The monoisotopic (exact) mass is 449 g/mol. The Labute approximate surface area is 164 Å². The first-order valence-electron chi connectivity index (χ1n) is 8.06. The second-order valence-electron chi connectivity index (χ2n) is 5.82. The van der Waals surface area contributed by atoms with Gasteiger partial charge in [0.25, 0.3) is 5.56 Å². The number of nitrogens with zero attached hydrogens (tertiary/aromatic N) is 2. The molecule has 2 aromatic carbocycles. The lowest BCUT2D eigenvalue weighted by molar-refractivity contribution is -0.121. The summed E-state index contributed by atoms with van der Waals surface area (Å²) in [5.41, 5.74) is 0.196. The van der Waals surface area contributed by atoms with Gasteiger partial charge in [0.15, 0.2) is 9.84 Å². The summed E-state index contributed by atoms with van der Waals surface area (Å²) in [6.07, 6.45) is 1.30. The average Bonchev–Trinajstić information content (AvgIpc) is 2.65. The Balaban J connectivity index is 1.64. The largest absolute Gasteiger partial charge is 0.354 e. The molecule has 0 atom stereocenters. The normalized spacial score (nSPS) is 11.4. The van der Waals surface area contributed by atoms with Gasteiger partial charge in [-0.15, -0.1) is 0 Å². The lowest BCUT2D eigenvalue weighted by Gasteiger charge is -2.09. The van der Waals surface area contributed by atoms with Crippen molar-refractivity contribution in [3.8, 4) is 0 Å². The van der Waals surface area contributed by atoms with Crippen LogP contribution < -0.4 is 10.9 Å². The van der Waals surface area contributed by atoms with Crippen LogP contribution in [0.15, 0.2) is 69.0 Å². The topological polar surface area (TPSA) is 98.1 Å². The van der Waals surface area contributed by atoms with E-state index in [9.17, 15) is 18.0 Å². The second kappa shape index (κ2) is 8.01. The molecular formula is C18H16BrN3O4S. The average molecular weight is 450 g/mol. The molecule has 0 radical (unpaired) electrons. The molecule has 3 rings (SSSR count). The van der Waals surface area contributed by atoms with Crippen LogP contribution in [0.5, 0.6) is 0 Å². The zero-order valence-corrected chi connectivity index (χ0v) is 16.5. The van der Waals surface area contributed by atoms with Gasteiger partial charge in [-0.3, -0.25) is 14.2 Å². The molecule has 0 aliphatic rings. The lowest BCUT2D eigenvalue weighted by Crippen LogP contribution is -2.35. The number of aromatic nitrogens is 2. The summed E-state index contributed by atoms with van der Waals surface area (Å²) in [6.45, 7) is -0.281.